The normalized spacial score (nSPS) is 11.6. The molecule has 0 radical (unpaired) electrons. The van der Waals surface area contributed by atoms with Gasteiger partial charge in [-0.1, -0.05) is 54.6 Å². The van der Waals surface area contributed by atoms with Crippen molar-refractivity contribution in [1.82, 2.24) is 5.32 Å². The van der Waals surface area contributed by atoms with E-state index in [-0.39, 0.29) is 12.0 Å². The molecule has 3 rings (SSSR count). The first kappa shape index (κ1) is 19.2. The van der Waals surface area contributed by atoms with Gasteiger partial charge in [-0.05, 0) is 28.8 Å². The fourth-order valence-electron chi connectivity index (χ4n) is 2.83. The predicted molar refractivity (Wildman–Crippen MR) is 102 cm³/mol. The highest BCUT2D eigenvalue weighted by Crippen LogP contribution is 2.20. The Hall–Kier alpha value is -3.54. The van der Waals surface area contributed by atoms with Crippen molar-refractivity contribution < 1.29 is 18.4 Å². The number of nitrogens with one attached hydrogen (secondary N) is 1. The van der Waals surface area contributed by atoms with Crippen molar-refractivity contribution in [3.63, 3.8) is 0 Å². The molecule has 0 unspecified atom stereocenters. The van der Waals surface area contributed by atoms with Gasteiger partial charge in [0.2, 0.25) is 5.91 Å². The standard InChI is InChI=1S/C22H18F2N2O2/c23-17-10-11-18(19(24)13-17)22(28)26-20(21(25)27)12-14-6-8-16(9-7-14)15-4-2-1-3-5-15/h1-11,13,20H,12H2,(H2,25,27)(H,26,28)/t20-/m1/s1. The summed E-state index contributed by atoms with van der Waals surface area (Å²) in [6, 6.07) is 18.8. The van der Waals surface area contributed by atoms with Gasteiger partial charge in [-0.15, -0.1) is 0 Å². The zero-order valence-electron chi connectivity index (χ0n) is 14.9. The van der Waals surface area contributed by atoms with Crippen LogP contribution in [0.15, 0.2) is 72.8 Å². The van der Waals surface area contributed by atoms with Crippen LogP contribution in [-0.4, -0.2) is 17.9 Å². The second-order valence-electron chi connectivity index (χ2n) is 6.32. The van der Waals surface area contributed by atoms with Gasteiger partial charge in [0.25, 0.3) is 5.91 Å². The summed E-state index contributed by atoms with van der Waals surface area (Å²) in [7, 11) is 0. The van der Waals surface area contributed by atoms with E-state index >= 15 is 0 Å². The van der Waals surface area contributed by atoms with Crippen LogP contribution < -0.4 is 11.1 Å². The maximum Gasteiger partial charge on any atom is 0.254 e. The van der Waals surface area contributed by atoms with Crippen LogP contribution in [0.25, 0.3) is 11.1 Å². The summed E-state index contributed by atoms with van der Waals surface area (Å²) in [6.07, 6.45) is 0.152. The number of carbonyl (C=O) groups excluding carboxylic acids is 2. The third-order valence-corrected chi connectivity index (χ3v) is 4.33. The molecule has 28 heavy (non-hydrogen) atoms. The maximum atomic E-state index is 13.8. The summed E-state index contributed by atoms with van der Waals surface area (Å²) in [5.41, 5.74) is 7.88. The zero-order valence-corrected chi connectivity index (χ0v) is 14.9. The maximum absolute atomic E-state index is 13.8. The molecule has 4 nitrogen and oxygen atoms in total. The van der Waals surface area contributed by atoms with E-state index in [0.29, 0.717) is 6.07 Å². The molecule has 0 spiro atoms. The minimum Gasteiger partial charge on any atom is -0.368 e. The highest BCUT2D eigenvalue weighted by atomic mass is 19.1. The average Bonchev–Trinajstić information content (AvgIpc) is 2.68. The second kappa shape index (κ2) is 8.43. The number of rotatable bonds is 6. The highest BCUT2D eigenvalue weighted by molar-refractivity contribution is 5.97. The summed E-state index contributed by atoms with van der Waals surface area (Å²) in [5.74, 6) is -3.38. The van der Waals surface area contributed by atoms with E-state index in [0.717, 1.165) is 28.8 Å². The van der Waals surface area contributed by atoms with Gasteiger partial charge in [-0.2, -0.15) is 0 Å². The Kier molecular flexibility index (Phi) is 5.79. The molecule has 3 aromatic carbocycles. The Labute approximate surface area is 161 Å². The fourth-order valence-corrected chi connectivity index (χ4v) is 2.83. The first-order valence-corrected chi connectivity index (χ1v) is 8.63. The Morgan fingerprint density at radius 3 is 2.14 bits per heavy atom. The van der Waals surface area contributed by atoms with Gasteiger partial charge in [0, 0.05) is 12.5 Å². The number of carbonyl (C=O) groups is 2. The molecule has 2 amide bonds. The van der Waals surface area contributed by atoms with Gasteiger partial charge in [0.15, 0.2) is 0 Å². The summed E-state index contributed by atoms with van der Waals surface area (Å²) >= 11 is 0. The van der Waals surface area contributed by atoms with E-state index in [2.05, 4.69) is 5.32 Å². The van der Waals surface area contributed by atoms with Crippen LogP contribution in [0.4, 0.5) is 8.78 Å². The number of benzene rings is 3. The molecule has 0 heterocycles. The first-order chi connectivity index (χ1) is 13.4. The smallest absolute Gasteiger partial charge is 0.254 e. The van der Waals surface area contributed by atoms with Crippen molar-refractivity contribution in [3.8, 4) is 11.1 Å². The quantitative estimate of drug-likeness (QED) is 0.687. The minimum atomic E-state index is -1.03. The molecule has 0 aliphatic carbocycles. The molecule has 0 aromatic heterocycles. The molecule has 0 aliphatic rings. The topological polar surface area (TPSA) is 72.2 Å². The lowest BCUT2D eigenvalue weighted by Crippen LogP contribution is -2.46. The first-order valence-electron chi connectivity index (χ1n) is 8.63. The van der Waals surface area contributed by atoms with Crippen LogP contribution in [0, 0.1) is 11.6 Å². The molecular weight excluding hydrogens is 362 g/mol. The fraction of sp³-hybridized carbons (Fsp3) is 0.0909. The molecule has 0 saturated carbocycles. The highest BCUT2D eigenvalue weighted by Gasteiger charge is 2.21. The zero-order chi connectivity index (χ0) is 20.1. The number of hydrogen-bond acceptors (Lipinski definition) is 2. The third-order valence-electron chi connectivity index (χ3n) is 4.33. The minimum absolute atomic E-state index is 0.152. The van der Waals surface area contributed by atoms with Crippen LogP contribution in [-0.2, 0) is 11.2 Å². The lowest BCUT2D eigenvalue weighted by molar-refractivity contribution is -0.119. The Balaban J connectivity index is 1.72. The van der Waals surface area contributed by atoms with Crippen molar-refractivity contribution >= 4 is 11.8 Å². The molecule has 0 fully saturated rings. The molecule has 6 heteroatoms. The molecule has 1 atom stereocenters. The van der Waals surface area contributed by atoms with E-state index in [1.54, 1.807) is 0 Å². The summed E-state index contributed by atoms with van der Waals surface area (Å²) in [6.45, 7) is 0. The van der Waals surface area contributed by atoms with Crippen molar-refractivity contribution in [2.45, 2.75) is 12.5 Å². The van der Waals surface area contributed by atoms with Crippen molar-refractivity contribution in [1.29, 1.82) is 0 Å². The number of hydrogen-bond donors (Lipinski definition) is 2. The molecule has 0 aliphatic heterocycles. The molecule has 3 aromatic rings. The molecule has 0 saturated heterocycles. The van der Waals surface area contributed by atoms with Crippen LogP contribution in [0.1, 0.15) is 15.9 Å². The van der Waals surface area contributed by atoms with Gasteiger partial charge in [-0.3, -0.25) is 9.59 Å². The Morgan fingerprint density at radius 1 is 0.893 bits per heavy atom. The van der Waals surface area contributed by atoms with Gasteiger partial charge >= 0.3 is 0 Å². The van der Waals surface area contributed by atoms with Crippen LogP contribution in [0.5, 0.6) is 0 Å². The van der Waals surface area contributed by atoms with Crippen molar-refractivity contribution in [2.75, 3.05) is 0 Å². The average molecular weight is 380 g/mol. The summed E-state index contributed by atoms with van der Waals surface area (Å²) in [4.78, 5) is 24.0. The number of primary amides is 1. The van der Waals surface area contributed by atoms with Crippen molar-refractivity contribution in [3.05, 3.63) is 95.6 Å². The van der Waals surface area contributed by atoms with E-state index in [1.807, 2.05) is 54.6 Å². The number of amides is 2. The predicted octanol–water partition coefficient (Wildman–Crippen LogP) is 3.46. The van der Waals surface area contributed by atoms with Crippen LogP contribution in [0.2, 0.25) is 0 Å². The lowest BCUT2D eigenvalue weighted by atomic mass is 10.00. The Morgan fingerprint density at radius 2 is 1.54 bits per heavy atom. The molecular formula is C22H18F2N2O2. The van der Waals surface area contributed by atoms with E-state index in [9.17, 15) is 18.4 Å². The van der Waals surface area contributed by atoms with Gasteiger partial charge in [-0.25, -0.2) is 8.78 Å². The van der Waals surface area contributed by atoms with E-state index < -0.39 is 29.5 Å². The monoisotopic (exact) mass is 380 g/mol. The molecule has 0 bridgehead atoms. The van der Waals surface area contributed by atoms with E-state index in [4.69, 9.17) is 5.73 Å². The Bertz CT molecular complexity index is 989. The molecule has 142 valence electrons. The van der Waals surface area contributed by atoms with E-state index in [1.165, 1.54) is 0 Å². The third kappa shape index (κ3) is 4.59. The lowest BCUT2D eigenvalue weighted by Gasteiger charge is -2.16. The largest absolute Gasteiger partial charge is 0.368 e. The SMILES string of the molecule is NC(=O)[C@@H](Cc1ccc(-c2ccccc2)cc1)NC(=O)c1ccc(F)cc1F. The second-order valence-corrected chi connectivity index (χ2v) is 6.32. The van der Waals surface area contributed by atoms with Gasteiger partial charge in [0.1, 0.15) is 17.7 Å². The summed E-state index contributed by atoms with van der Waals surface area (Å²) in [5, 5.41) is 2.41. The van der Waals surface area contributed by atoms with Crippen molar-refractivity contribution in [2.24, 2.45) is 5.73 Å². The van der Waals surface area contributed by atoms with Crippen LogP contribution in [0.3, 0.4) is 0 Å². The number of nitrogens with two attached hydrogens (primary N) is 1. The number of halogens is 2. The molecule has 3 N–H and O–H groups in total. The summed E-state index contributed by atoms with van der Waals surface area (Å²) < 4.78 is 26.8. The van der Waals surface area contributed by atoms with Crippen LogP contribution >= 0.6 is 0 Å². The van der Waals surface area contributed by atoms with Gasteiger partial charge < -0.3 is 11.1 Å². The van der Waals surface area contributed by atoms with Gasteiger partial charge in [0.05, 0.1) is 5.56 Å².